The molecule has 13 nitrogen and oxygen atoms in total. The molecule has 3 saturated heterocycles. The number of nitrogens with one attached hydrogen (secondary N) is 1. The second-order valence-corrected chi connectivity index (χ2v) is 14.3. The van der Waals surface area contributed by atoms with Crippen LogP contribution in [0.3, 0.4) is 0 Å². The molecule has 54 heavy (non-hydrogen) atoms. The smallest absolute Gasteiger partial charge is 0.250 e. The summed E-state index contributed by atoms with van der Waals surface area (Å²) in [5.74, 6) is -0.447. The molecule has 2 atom stereocenters. The van der Waals surface area contributed by atoms with Crippen LogP contribution in [-0.4, -0.2) is 128 Å². The number of phenolic OH excluding ortho intramolecular Hbond substituents is 1. The van der Waals surface area contributed by atoms with Gasteiger partial charge in [-0.05, 0) is 41.8 Å². The number of amides is 2. The van der Waals surface area contributed by atoms with Gasteiger partial charge in [-0.25, -0.2) is 19.4 Å². The van der Waals surface area contributed by atoms with Gasteiger partial charge in [0.2, 0.25) is 5.91 Å². The van der Waals surface area contributed by atoms with E-state index in [9.17, 15) is 19.8 Å². The summed E-state index contributed by atoms with van der Waals surface area (Å²) in [5.41, 5.74) is 3.24. The number of nitrogens with zero attached hydrogens (tertiary/aromatic N) is 8. The Morgan fingerprint density at radius 1 is 1.02 bits per heavy atom. The monoisotopic (exact) mass is 737 g/mol. The molecular weight excluding hydrogens is 689 g/mol. The predicted molar refractivity (Wildman–Crippen MR) is 202 cm³/mol. The van der Waals surface area contributed by atoms with E-state index in [-0.39, 0.29) is 48.9 Å². The summed E-state index contributed by atoms with van der Waals surface area (Å²) >= 11 is 0. The van der Waals surface area contributed by atoms with Gasteiger partial charge in [0.05, 0.1) is 18.8 Å². The lowest BCUT2D eigenvalue weighted by atomic mass is 10.0. The van der Waals surface area contributed by atoms with Crippen LogP contribution in [0.15, 0.2) is 104 Å². The van der Waals surface area contributed by atoms with E-state index in [1.165, 1.54) is 15.9 Å². The van der Waals surface area contributed by atoms with Crippen LogP contribution in [0, 0.1) is 5.82 Å². The molecule has 0 saturated carbocycles. The van der Waals surface area contributed by atoms with Gasteiger partial charge in [-0.1, -0.05) is 55.1 Å². The number of rotatable bonds is 13. The number of hydrogen-bond acceptors (Lipinski definition) is 11. The maximum atomic E-state index is 15.3. The molecule has 4 aliphatic rings. The van der Waals surface area contributed by atoms with Gasteiger partial charge in [0.1, 0.15) is 17.6 Å². The van der Waals surface area contributed by atoms with Crippen molar-refractivity contribution in [2.24, 2.45) is 0 Å². The number of anilines is 1. The number of likely N-dealkylation sites (N-methyl/N-ethyl adjacent to an activating group) is 1. The number of aromatic nitrogens is 1. The zero-order valence-corrected chi connectivity index (χ0v) is 30.6. The number of fused-ring (bicyclic) bond motifs is 1. The van der Waals surface area contributed by atoms with E-state index in [0.717, 1.165) is 36.5 Å². The largest absolute Gasteiger partial charge is 0.508 e. The molecule has 7 rings (SSSR count). The molecule has 0 spiro atoms. The number of carbonyl (C=O) groups is 2. The van der Waals surface area contributed by atoms with Crippen LogP contribution in [0.2, 0.25) is 0 Å². The van der Waals surface area contributed by atoms with Crippen molar-refractivity contribution in [2.45, 2.75) is 44.4 Å². The van der Waals surface area contributed by atoms with Gasteiger partial charge >= 0.3 is 0 Å². The summed E-state index contributed by atoms with van der Waals surface area (Å²) in [5, 5.41) is 28.2. The summed E-state index contributed by atoms with van der Waals surface area (Å²) in [6, 6.07) is 18.4. The van der Waals surface area contributed by atoms with Gasteiger partial charge in [0, 0.05) is 77.2 Å². The second-order valence-electron chi connectivity index (χ2n) is 14.3. The van der Waals surface area contributed by atoms with Crippen molar-refractivity contribution in [3.63, 3.8) is 0 Å². The van der Waals surface area contributed by atoms with Crippen LogP contribution in [-0.2, 0) is 29.1 Å². The number of halogens is 1. The number of phenols is 1. The second kappa shape index (κ2) is 16.0. The lowest BCUT2D eigenvalue weighted by Crippen LogP contribution is -2.68. The number of aromatic hydroxyl groups is 1. The number of hydrogen-bond donors (Lipinski definition) is 3. The average molecular weight is 738 g/mol. The van der Waals surface area contributed by atoms with Gasteiger partial charge in [-0.3, -0.25) is 24.7 Å². The third-order valence-corrected chi connectivity index (χ3v) is 10.6. The zero-order chi connectivity index (χ0) is 37.9. The van der Waals surface area contributed by atoms with Crippen molar-refractivity contribution in [3.8, 4) is 5.75 Å². The van der Waals surface area contributed by atoms with Gasteiger partial charge < -0.3 is 24.9 Å². The van der Waals surface area contributed by atoms with Gasteiger partial charge in [0.15, 0.2) is 18.0 Å². The maximum Gasteiger partial charge on any atom is 0.250 e. The van der Waals surface area contributed by atoms with E-state index in [4.69, 9.17) is 4.98 Å². The summed E-state index contributed by atoms with van der Waals surface area (Å²) in [6.45, 7) is 12.5. The summed E-state index contributed by atoms with van der Waals surface area (Å²) in [4.78, 5) is 42.6. The number of piperazine rings is 1. The highest BCUT2D eigenvalue weighted by Crippen LogP contribution is 2.33. The molecule has 0 bridgehead atoms. The lowest BCUT2D eigenvalue weighted by Gasteiger charge is -2.52. The number of hydrazine groups is 1. The highest BCUT2D eigenvalue weighted by atomic mass is 19.1. The normalized spacial score (nSPS) is 20.6. The molecule has 1 unspecified atom stereocenters. The fourth-order valence-electron chi connectivity index (χ4n) is 7.40. The van der Waals surface area contributed by atoms with Crippen molar-refractivity contribution in [1.82, 2.24) is 39.9 Å². The Hall–Kier alpha value is -5.28. The molecule has 4 aliphatic heterocycles. The summed E-state index contributed by atoms with van der Waals surface area (Å²) in [6.07, 6.45) is 2.76. The number of pyridine rings is 1. The number of carbonyl (C=O) groups excluding carboxylic acids is 2. The van der Waals surface area contributed by atoms with Crippen LogP contribution < -0.4 is 10.2 Å². The van der Waals surface area contributed by atoms with E-state index in [1.807, 2.05) is 42.3 Å². The van der Waals surface area contributed by atoms with E-state index in [1.54, 1.807) is 52.6 Å². The molecule has 2 amide bonds. The predicted octanol–water partition coefficient (Wildman–Crippen LogP) is 2.63. The van der Waals surface area contributed by atoms with Crippen molar-refractivity contribution in [1.29, 1.82) is 0 Å². The minimum absolute atomic E-state index is 0.00725. The molecule has 3 fully saturated rings. The van der Waals surface area contributed by atoms with Crippen molar-refractivity contribution in [3.05, 3.63) is 126 Å². The average Bonchev–Trinajstić information content (AvgIpc) is 3.14. The molecule has 3 aromatic rings. The van der Waals surface area contributed by atoms with Crippen molar-refractivity contribution in [2.75, 3.05) is 57.8 Å². The summed E-state index contributed by atoms with van der Waals surface area (Å²) < 4.78 is 15.3. The minimum atomic E-state index is -1.27. The molecule has 1 aromatic heterocycles. The first kappa shape index (κ1) is 37.1. The fourth-order valence-corrected chi connectivity index (χ4v) is 7.40. The Kier molecular flexibility index (Phi) is 11.0. The lowest BCUT2D eigenvalue weighted by molar-refractivity contribution is -0.189. The molecule has 2 aromatic carbocycles. The maximum absolute atomic E-state index is 15.3. The molecule has 284 valence electrons. The first-order valence-corrected chi connectivity index (χ1v) is 18.4. The highest BCUT2D eigenvalue weighted by Gasteiger charge is 2.47. The highest BCUT2D eigenvalue weighted by molar-refractivity contribution is 5.92. The summed E-state index contributed by atoms with van der Waals surface area (Å²) in [7, 11) is 2.04. The van der Waals surface area contributed by atoms with Gasteiger partial charge in [-0.15, -0.1) is 6.58 Å². The van der Waals surface area contributed by atoms with Crippen LogP contribution in [0.5, 0.6) is 5.75 Å². The number of benzene rings is 2. The van der Waals surface area contributed by atoms with E-state index in [0.29, 0.717) is 44.1 Å². The Labute approximate surface area is 315 Å². The molecule has 14 heteroatoms. The zero-order valence-electron chi connectivity index (χ0n) is 30.6. The van der Waals surface area contributed by atoms with E-state index in [2.05, 4.69) is 28.3 Å². The molecular formula is C40H48FN9O4. The topological polar surface area (TPSA) is 122 Å². The van der Waals surface area contributed by atoms with Crippen LogP contribution >= 0.6 is 0 Å². The first-order valence-electron chi connectivity index (χ1n) is 18.4. The van der Waals surface area contributed by atoms with Crippen LogP contribution in [0.4, 0.5) is 10.2 Å². The number of aliphatic hydroxyl groups is 1. The van der Waals surface area contributed by atoms with Gasteiger partial charge in [0.25, 0.3) is 5.91 Å². The molecule has 3 N–H and O–H groups in total. The van der Waals surface area contributed by atoms with E-state index >= 15 is 4.39 Å². The fraction of sp³-hybridized carbons (Fsp3) is 0.375. The Morgan fingerprint density at radius 3 is 2.50 bits per heavy atom. The van der Waals surface area contributed by atoms with Crippen molar-refractivity contribution < 1.29 is 24.2 Å². The van der Waals surface area contributed by atoms with Gasteiger partial charge in [-0.2, -0.15) is 0 Å². The first-order chi connectivity index (χ1) is 26.1. The molecule has 0 aliphatic carbocycles. The third-order valence-electron chi connectivity index (χ3n) is 10.6. The van der Waals surface area contributed by atoms with Crippen LogP contribution in [0.1, 0.15) is 23.2 Å². The Morgan fingerprint density at radius 2 is 1.78 bits per heavy atom. The SMILES string of the molecule is C=CCCN1CC(=O)N2C(=CN(Cc3ccc(F)c(N4CC(N5CCN(C)C(=C)C5)C4)n3)C(=O)[C@@H]2Cc2ccc(O)cc2)N1C(O)NCc1ccccc1. The standard InChI is InChI=1S/C40H48FN9O4/c1-4-5-17-48-27-37(52)49-35(20-29-11-14-33(51)15-12-29)39(53)47(26-36(49)50(48)40(54)42-21-30-9-7-6-8-10-30)23-31-13-16-34(41)38(43-31)46-24-32(25-46)45-19-18-44(3)28(2)22-45/h4,6-16,26,32,35,40,42,51,54H,1-2,5,17-25,27H2,3H3/t35-,40?/m0/s1. The quantitative estimate of drug-likeness (QED) is 0.177. The Bertz CT molecular complexity index is 1890. The van der Waals surface area contributed by atoms with Crippen molar-refractivity contribution >= 4 is 17.6 Å². The third kappa shape index (κ3) is 7.82. The molecule has 0 radical (unpaired) electrons. The minimum Gasteiger partial charge on any atom is -0.508 e. The Balaban J connectivity index is 1.18. The number of aliphatic hydroxyl groups excluding tert-OH is 1. The van der Waals surface area contributed by atoms with E-state index < -0.39 is 18.2 Å². The van der Waals surface area contributed by atoms with Crippen LogP contribution in [0.25, 0.3) is 0 Å². The molecule has 5 heterocycles.